The number of fused-ring (bicyclic) bond motifs is 1. The van der Waals surface area contributed by atoms with Crippen LogP contribution in [0.1, 0.15) is 12.0 Å². The van der Waals surface area contributed by atoms with Gasteiger partial charge in [0.2, 0.25) is 0 Å². The van der Waals surface area contributed by atoms with Crippen LogP contribution >= 0.6 is 0 Å². The van der Waals surface area contributed by atoms with Crippen LogP contribution in [0.25, 0.3) is 5.52 Å². The number of aliphatic carboxylic acids is 1. The van der Waals surface area contributed by atoms with E-state index in [2.05, 4.69) is 5.10 Å². The molecule has 0 saturated carbocycles. The van der Waals surface area contributed by atoms with Crippen molar-refractivity contribution in [3.63, 3.8) is 0 Å². The van der Waals surface area contributed by atoms with Crippen molar-refractivity contribution < 1.29 is 9.90 Å². The van der Waals surface area contributed by atoms with Crippen molar-refractivity contribution in [1.82, 2.24) is 9.61 Å². The number of pyridine rings is 1. The first-order valence-electron chi connectivity index (χ1n) is 4.40. The molecule has 0 bridgehead atoms. The number of aryl methyl sites for hydroxylation is 1. The molecular weight excluding hydrogens is 180 g/mol. The van der Waals surface area contributed by atoms with Crippen LogP contribution in [-0.2, 0) is 11.2 Å². The van der Waals surface area contributed by atoms with Gasteiger partial charge in [-0.1, -0.05) is 6.07 Å². The zero-order chi connectivity index (χ0) is 9.97. The van der Waals surface area contributed by atoms with Gasteiger partial charge in [-0.15, -0.1) is 0 Å². The lowest BCUT2D eigenvalue weighted by Crippen LogP contribution is -1.98. The van der Waals surface area contributed by atoms with E-state index in [9.17, 15) is 4.79 Å². The molecule has 2 rings (SSSR count). The Balaban J connectivity index is 2.21. The molecule has 14 heavy (non-hydrogen) atoms. The SMILES string of the molecule is O=C(O)CCc1ccc2ccnn2c1. The van der Waals surface area contributed by atoms with Gasteiger partial charge in [0.1, 0.15) is 0 Å². The first-order valence-corrected chi connectivity index (χ1v) is 4.40. The third-order valence-corrected chi connectivity index (χ3v) is 2.08. The van der Waals surface area contributed by atoms with Gasteiger partial charge < -0.3 is 5.11 Å². The van der Waals surface area contributed by atoms with Crippen LogP contribution in [0.5, 0.6) is 0 Å². The van der Waals surface area contributed by atoms with Gasteiger partial charge in [0.05, 0.1) is 5.52 Å². The van der Waals surface area contributed by atoms with E-state index in [1.165, 1.54) is 0 Å². The van der Waals surface area contributed by atoms with Gasteiger partial charge >= 0.3 is 5.97 Å². The highest BCUT2D eigenvalue weighted by atomic mass is 16.4. The van der Waals surface area contributed by atoms with Gasteiger partial charge in [0.25, 0.3) is 0 Å². The Morgan fingerprint density at radius 3 is 3.07 bits per heavy atom. The fourth-order valence-corrected chi connectivity index (χ4v) is 1.36. The van der Waals surface area contributed by atoms with Gasteiger partial charge in [-0.25, -0.2) is 4.52 Å². The molecule has 72 valence electrons. The fraction of sp³-hybridized carbons (Fsp3) is 0.200. The Labute approximate surface area is 80.8 Å². The summed E-state index contributed by atoms with van der Waals surface area (Å²) in [4.78, 5) is 10.4. The maximum Gasteiger partial charge on any atom is 0.303 e. The van der Waals surface area contributed by atoms with E-state index in [-0.39, 0.29) is 6.42 Å². The normalized spacial score (nSPS) is 10.6. The average Bonchev–Trinajstić information content (AvgIpc) is 2.61. The Morgan fingerprint density at radius 1 is 1.43 bits per heavy atom. The minimum atomic E-state index is -0.773. The Kier molecular flexibility index (Phi) is 2.18. The number of aromatic nitrogens is 2. The summed E-state index contributed by atoms with van der Waals surface area (Å²) >= 11 is 0. The number of carboxylic acid groups (broad SMARTS) is 1. The zero-order valence-corrected chi connectivity index (χ0v) is 7.55. The second-order valence-corrected chi connectivity index (χ2v) is 3.13. The maximum atomic E-state index is 10.4. The van der Waals surface area contributed by atoms with E-state index in [0.717, 1.165) is 11.1 Å². The van der Waals surface area contributed by atoms with Gasteiger partial charge in [-0.2, -0.15) is 5.10 Å². The minimum Gasteiger partial charge on any atom is -0.481 e. The zero-order valence-electron chi connectivity index (χ0n) is 7.55. The lowest BCUT2D eigenvalue weighted by Gasteiger charge is -1.99. The number of rotatable bonds is 3. The molecule has 0 amide bonds. The molecular formula is C10H10N2O2. The molecule has 1 N–H and O–H groups in total. The molecule has 2 aromatic rings. The Hall–Kier alpha value is -1.84. The molecule has 0 aliphatic heterocycles. The van der Waals surface area contributed by atoms with Crippen LogP contribution in [0, 0.1) is 0 Å². The van der Waals surface area contributed by atoms with Crippen molar-refractivity contribution in [2.24, 2.45) is 0 Å². The van der Waals surface area contributed by atoms with Crippen LogP contribution in [-0.4, -0.2) is 20.7 Å². The van der Waals surface area contributed by atoms with Crippen LogP contribution in [0.3, 0.4) is 0 Å². The summed E-state index contributed by atoms with van der Waals surface area (Å²) in [7, 11) is 0. The molecule has 0 fully saturated rings. The molecule has 2 heterocycles. The molecule has 4 nitrogen and oxygen atoms in total. The summed E-state index contributed by atoms with van der Waals surface area (Å²) in [6.07, 6.45) is 4.28. The molecule has 0 unspecified atom stereocenters. The second-order valence-electron chi connectivity index (χ2n) is 3.13. The summed E-state index contributed by atoms with van der Waals surface area (Å²) in [5.41, 5.74) is 2.01. The predicted octanol–water partition coefficient (Wildman–Crippen LogP) is 1.35. The topological polar surface area (TPSA) is 54.6 Å². The van der Waals surface area contributed by atoms with Gasteiger partial charge in [0.15, 0.2) is 0 Å². The average molecular weight is 190 g/mol. The monoisotopic (exact) mass is 190 g/mol. The summed E-state index contributed by atoms with van der Waals surface area (Å²) in [5, 5.41) is 12.6. The smallest absolute Gasteiger partial charge is 0.303 e. The highest BCUT2D eigenvalue weighted by molar-refractivity contribution is 5.67. The summed E-state index contributed by atoms with van der Waals surface area (Å²) < 4.78 is 1.75. The lowest BCUT2D eigenvalue weighted by atomic mass is 10.1. The Bertz CT molecular complexity index is 462. The van der Waals surface area contributed by atoms with E-state index in [0.29, 0.717) is 6.42 Å². The maximum absolute atomic E-state index is 10.4. The summed E-state index contributed by atoms with van der Waals surface area (Å²) in [6, 6.07) is 5.77. The van der Waals surface area contributed by atoms with Crippen molar-refractivity contribution in [3.05, 3.63) is 36.2 Å². The van der Waals surface area contributed by atoms with Crippen molar-refractivity contribution in [2.75, 3.05) is 0 Å². The summed E-state index contributed by atoms with van der Waals surface area (Å²) in [5.74, 6) is -0.773. The van der Waals surface area contributed by atoms with E-state index in [1.807, 2.05) is 24.4 Å². The molecule has 0 aliphatic rings. The molecule has 2 aromatic heterocycles. The van der Waals surface area contributed by atoms with E-state index < -0.39 is 5.97 Å². The van der Waals surface area contributed by atoms with Gasteiger partial charge in [-0.05, 0) is 24.1 Å². The van der Waals surface area contributed by atoms with Crippen LogP contribution in [0.2, 0.25) is 0 Å². The number of carboxylic acids is 1. The van der Waals surface area contributed by atoms with Crippen LogP contribution in [0.4, 0.5) is 0 Å². The third kappa shape index (κ3) is 1.74. The van der Waals surface area contributed by atoms with Crippen LogP contribution < -0.4 is 0 Å². The van der Waals surface area contributed by atoms with Crippen molar-refractivity contribution in [2.45, 2.75) is 12.8 Å². The lowest BCUT2D eigenvalue weighted by molar-refractivity contribution is -0.136. The highest BCUT2D eigenvalue weighted by Gasteiger charge is 2.00. The minimum absolute atomic E-state index is 0.159. The van der Waals surface area contributed by atoms with E-state index in [1.54, 1.807) is 10.7 Å². The first-order chi connectivity index (χ1) is 6.75. The van der Waals surface area contributed by atoms with Crippen molar-refractivity contribution in [1.29, 1.82) is 0 Å². The number of nitrogens with zero attached hydrogens (tertiary/aromatic N) is 2. The largest absolute Gasteiger partial charge is 0.481 e. The molecule has 4 heteroatoms. The van der Waals surface area contributed by atoms with Crippen molar-refractivity contribution in [3.8, 4) is 0 Å². The first kappa shape index (κ1) is 8.74. The molecule has 0 atom stereocenters. The predicted molar refractivity (Wildman–Crippen MR) is 51.1 cm³/mol. The molecule has 0 spiro atoms. The highest BCUT2D eigenvalue weighted by Crippen LogP contribution is 2.07. The van der Waals surface area contributed by atoms with Crippen LogP contribution in [0.15, 0.2) is 30.6 Å². The number of hydrogen-bond donors (Lipinski definition) is 1. The number of carbonyl (C=O) groups is 1. The van der Waals surface area contributed by atoms with Gasteiger partial charge in [0, 0.05) is 18.8 Å². The molecule has 0 saturated heterocycles. The second kappa shape index (κ2) is 3.49. The molecule has 0 aliphatic carbocycles. The Morgan fingerprint density at radius 2 is 2.29 bits per heavy atom. The molecule has 0 aromatic carbocycles. The molecule has 0 radical (unpaired) electrons. The standard InChI is InChI=1S/C10H10N2O2/c13-10(14)4-2-8-1-3-9-5-6-11-12(9)7-8/h1,3,5-7H,2,4H2,(H,13,14). The third-order valence-electron chi connectivity index (χ3n) is 2.08. The summed E-state index contributed by atoms with van der Waals surface area (Å²) in [6.45, 7) is 0. The van der Waals surface area contributed by atoms with Gasteiger partial charge in [-0.3, -0.25) is 4.79 Å². The van der Waals surface area contributed by atoms with E-state index in [4.69, 9.17) is 5.11 Å². The van der Waals surface area contributed by atoms with Crippen molar-refractivity contribution >= 4 is 11.5 Å². The quantitative estimate of drug-likeness (QED) is 0.794. The van der Waals surface area contributed by atoms with E-state index >= 15 is 0 Å². The fourth-order valence-electron chi connectivity index (χ4n) is 1.36. The number of hydrogen-bond acceptors (Lipinski definition) is 2.